The molecule has 0 fully saturated rings. The molecular weight excluding hydrogens is 446 g/mol. The maximum absolute atomic E-state index is 13.6. The van der Waals surface area contributed by atoms with Crippen LogP contribution in [0.25, 0.3) is 17.2 Å². The lowest BCUT2D eigenvalue weighted by atomic mass is 9.87. The number of nitrogens with zero attached hydrogens (tertiary/aromatic N) is 1. The number of ether oxygens (including phenoxy) is 2. The topological polar surface area (TPSA) is 38.8 Å². The van der Waals surface area contributed by atoms with Gasteiger partial charge in [0, 0.05) is 17.2 Å². The number of carbonyl (C=O) groups excluding carboxylic acids is 1. The fraction of sp³-hybridized carbons (Fsp3) is 0.250. The zero-order chi connectivity index (χ0) is 22.2. The Morgan fingerprint density at radius 2 is 1.90 bits per heavy atom. The summed E-state index contributed by atoms with van der Waals surface area (Å²) < 4.78 is 12.0. The largest absolute Gasteiger partial charge is 0.497 e. The molecule has 1 aliphatic rings. The molecule has 0 unspecified atom stereocenters. The molecule has 0 saturated carbocycles. The molecule has 0 saturated heterocycles. The molecule has 1 amide bonds. The number of carbonyl (C=O) groups is 1. The first-order valence-corrected chi connectivity index (χ1v) is 12.5. The molecule has 0 atom stereocenters. The third-order valence-corrected chi connectivity index (χ3v) is 8.62. The van der Waals surface area contributed by atoms with Crippen LogP contribution in [0.5, 0.6) is 11.5 Å². The van der Waals surface area contributed by atoms with E-state index < -0.39 is 5.54 Å². The van der Waals surface area contributed by atoms with Crippen molar-refractivity contribution < 1.29 is 14.3 Å². The second kappa shape index (κ2) is 8.57. The van der Waals surface area contributed by atoms with Crippen molar-refractivity contribution in [2.24, 2.45) is 0 Å². The lowest BCUT2D eigenvalue weighted by molar-refractivity contribution is -0.115. The Morgan fingerprint density at radius 1 is 1.16 bits per heavy atom. The van der Waals surface area contributed by atoms with Gasteiger partial charge in [-0.25, -0.2) is 0 Å². The van der Waals surface area contributed by atoms with Crippen molar-refractivity contribution in [1.29, 1.82) is 0 Å². The van der Waals surface area contributed by atoms with E-state index in [1.165, 1.54) is 0 Å². The zero-order valence-electron chi connectivity index (χ0n) is 17.8. The fourth-order valence-corrected chi connectivity index (χ4v) is 7.13. The van der Waals surface area contributed by atoms with Crippen molar-refractivity contribution in [3.05, 3.63) is 62.8 Å². The van der Waals surface area contributed by atoms with Crippen LogP contribution in [0.3, 0.4) is 0 Å². The first-order chi connectivity index (χ1) is 14.9. The Morgan fingerprint density at radius 3 is 2.58 bits per heavy atom. The summed E-state index contributed by atoms with van der Waals surface area (Å²) in [4.78, 5) is 16.5. The van der Waals surface area contributed by atoms with Gasteiger partial charge in [0.2, 0.25) is 0 Å². The summed E-state index contributed by atoms with van der Waals surface area (Å²) >= 11 is 5.66. The molecule has 0 spiro atoms. The Kier molecular flexibility index (Phi) is 6.01. The molecule has 2 aromatic carbocycles. The first kappa shape index (κ1) is 21.7. The van der Waals surface area contributed by atoms with Crippen molar-refractivity contribution in [2.75, 3.05) is 18.6 Å². The van der Waals surface area contributed by atoms with Crippen LogP contribution >= 0.6 is 32.9 Å². The molecule has 160 valence electrons. The van der Waals surface area contributed by atoms with E-state index in [-0.39, 0.29) is 5.91 Å². The number of para-hydroxylation sites is 1. The fourth-order valence-electron chi connectivity index (χ4n) is 3.85. The van der Waals surface area contributed by atoms with E-state index in [1.807, 2.05) is 60.4 Å². The predicted molar refractivity (Wildman–Crippen MR) is 132 cm³/mol. The Hall–Kier alpha value is -2.48. The standard InChI is InChI=1S/C24H23NO3S3/c1-5-28-18-8-6-7-17-20-22(30-31-23(20)29)24(2,3)25(21(17)18)19(26)14-11-15-9-12-16(27-4)13-10-15/h6-14H,5H2,1-4H3/b14-11-. The van der Waals surface area contributed by atoms with Gasteiger partial charge in [-0.05, 0) is 50.6 Å². The molecule has 0 N–H and O–H groups in total. The van der Waals surface area contributed by atoms with Gasteiger partial charge >= 0.3 is 0 Å². The van der Waals surface area contributed by atoms with Gasteiger partial charge < -0.3 is 9.47 Å². The summed E-state index contributed by atoms with van der Waals surface area (Å²) in [6.45, 7) is 6.59. The van der Waals surface area contributed by atoms with Crippen LogP contribution in [0.4, 0.5) is 5.69 Å². The third kappa shape index (κ3) is 3.82. The summed E-state index contributed by atoms with van der Waals surface area (Å²) in [6, 6.07) is 13.5. The SMILES string of the molecule is CCOc1cccc2c1N(C(=O)/C=C\c1ccc(OC)cc1)C(C)(C)c1ssc(=S)c1-2. The molecule has 0 radical (unpaired) electrons. The van der Waals surface area contributed by atoms with Crippen molar-refractivity contribution in [3.63, 3.8) is 0 Å². The Bertz CT molecular complexity index is 1210. The molecule has 0 bridgehead atoms. The molecular formula is C24H23NO3S3. The van der Waals surface area contributed by atoms with E-state index in [4.69, 9.17) is 21.7 Å². The van der Waals surface area contributed by atoms with Crippen LogP contribution in [-0.4, -0.2) is 19.6 Å². The summed E-state index contributed by atoms with van der Waals surface area (Å²) in [7, 11) is 4.86. The first-order valence-electron chi connectivity index (χ1n) is 9.94. The molecule has 0 aliphatic carbocycles. The number of hydrogen-bond acceptors (Lipinski definition) is 6. The van der Waals surface area contributed by atoms with Gasteiger partial charge in [0.1, 0.15) is 15.3 Å². The second-order valence-corrected chi connectivity index (χ2v) is 10.4. The predicted octanol–water partition coefficient (Wildman–Crippen LogP) is 6.91. The average molecular weight is 470 g/mol. The van der Waals surface area contributed by atoms with Crippen LogP contribution in [-0.2, 0) is 10.3 Å². The quantitative estimate of drug-likeness (QED) is 0.231. The summed E-state index contributed by atoms with van der Waals surface area (Å²) in [5, 5.41) is 0. The number of methoxy groups -OCH3 is 1. The summed E-state index contributed by atoms with van der Waals surface area (Å²) in [5.74, 6) is 1.36. The molecule has 1 aliphatic heterocycles. The molecule has 3 aromatic rings. The van der Waals surface area contributed by atoms with Crippen LogP contribution in [0.2, 0.25) is 0 Å². The highest BCUT2D eigenvalue weighted by Gasteiger charge is 2.43. The maximum atomic E-state index is 13.6. The van der Waals surface area contributed by atoms with Gasteiger partial charge in [-0.1, -0.05) is 57.2 Å². The number of hydrogen-bond donors (Lipinski definition) is 0. The minimum atomic E-state index is -0.560. The second-order valence-electron chi connectivity index (χ2n) is 7.58. The number of benzene rings is 2. The lowest BCUT2D eigenvalue weighted by Gasteiger charge is -2.43. The highest BCUT2D eigenvalue weighted by molar-refractivity contribution is 7.80. The number of amides is 1. The van der Waals surface area contributed by atoms with Crippen molar-refractivity contribution in [1.82, 2.24) is 0 Å². The van der Waals surface area contributed by atoms with Crippen molar-refractivity contribution >= 4 is 50.6 Å². The molecule has 7 heteroatoms. The van der Waals surface area contributed by atoms with E-state index in [0.717, 1.165) is 36.8 Å². The van der Waals surface area contributed by atoms with Crippen LogP contribution in [0.15, 0.2) is 48.5 Å². The molecule has 4 rings (SSSR count). The van der Waals surface area contributed by atoms with Gasteiger partial charge in [0.25, 0.3) is 5.91 Å². The highest BCUT2D eigenvalue weighted by atomic mass is 32.9. The number of rotatable bonds is 5. The Balaban J connectivity index is 1.82. The smallest absolute Gasteiger partial charge is 0.251 e. The van der Waals surface area contributed by atoms with Gasteiger partial charge in [0.05, 0.1) is 29.8 Å². The summed E-state index contributed by atoms with van der Waals surface area (Å²) in [5.41, 5.74) is 3.15. The number of fused-ring (bicyclic) bond motifs is 3. The van der Waals surface area contributed by atoms with Gasteiger partial charge in [-0.15, -0.1) is 0 Å². The average Bonchev–Trinajstić information content (AvgIpc) is 3.16. The van der Waals surface area contributed by atoms with Crippen LogP contribution in [0.1, 0.15) is 31.2 Å². The maximum Gasteiger partial charge on any atom is 0.251 e. The lowest BCUT2D eigenvalue weighted by Crippen LogP contribution is -2.47. The zero-order valence-corrected chi connectivity index (χ0v) is 20.2. The Labute approximate surface area is 194 Å². The van der Waals surface area contributed by atoms with Gasteiger partial charge in [-0.2, -0.15) is 0 Å². The van der Waals surface area contributed by atoms with Gasteiger partial charge in [0.15, 0.2) is 0 Å². The molecule has 2 heterocycles. The molecule has 31 heavy (non-hydrogen) atoms. The highest BCUT2D eigenvalue weighted by Crippen LogP contribution is 2.54. The van der Waals surface area contributed by atoms with Crippen molar-refractivity contribution in [2.45, 2.75) is 26.3 Å². The number of anilines is 1. The minimum absolute atomic E-state index is 0.107. The summed E-state index contributed by atoms with van der Waals surface area (Å²) in [6.07, 6.45) is 3.44. The normalized spacial score (nSPS) is 14.3. The van der Waals surface area contributed by atoms with Crippen molar-refractivity contribution in [3.8, 4) is 22.6 Å². The van der Waals surface area contributed by atoms with E-state index >= 15 is 0 Å². The van der Waals surface area contributed by atoms with Crippen LogP contribution in [0, 0.1) is 3.82 Å². The minimum Gasteiger partial charge on any atom is -0.497 e. The third-order valence-electron chi connectivity index (χ3n) is 5.29. The van der Waals surface area contributed by atoms with E-state index in [0.29, 0.717) is 12.4 Å². The van der Waals surface area contributed by atoms with Crippen LogP contribution < -0.4 is 14.4 Å². The van der Waals surface area contributed by atoms with Gasteiger partial charge in [-0.3, -0.25) is 9.69 Å². The van der Waals surface area contributed by atoms with E-state index in [1.54, 1.807) is 33.9 Å². The molecule has 1 aromatic heterocycles. The van der Waals surface area contributed by atoms with E-state index in [9.17, 15) is 4.79 Å². The molecule has 4 nitrogen and oxygen atoms in total. The van der Waals surface area contributed by atoms with E-state index in [2.05, 4.69) is 13.8 Å². The monoisotopic (exact) mass is 469 g/mol.